The topological polar surface area (TPSA) is 60.5 Å². The number of rotatable bonds is 2. The third-order valence-corrected chi connectivity index (χ3v) is 3.64. The van der Waals surface area contributed by atoms with E-state index >= 15 is 0 Å². The fourth-order valence-electron chi connectivity index (χ4n) is 2.43. The van der Waals surface area contributed by atoms with Crippen molar-refractivity contribution in [2.45, 2.75) is 6.92 Å². The second kappa shape index (κ2) is 6.13. The molecule has 0 aliphatic rings. The number of benzene rings is 2. The van der Waals surface area contributed by atoms with Crippen molar-refractivity contribution in [2.24, 2.45) is 0 Å². The lowest BCUT2D eigenvalue weighted by Gasteiger charge is -2.09. The normalized spacial score (nSPS) is 9.87. The molecule has 1 heterocycles. The summed E-state index contributed by atoms with van der Waals surface area (Å²) in [7, 11) is 0. The zero-order valence-electron chi connectivity index (χ0n) is 12.6. The van der Waals surface area contributed by atoms with E-state index in [4.69, 9.17) is 0 Å². The highest BCUT2D eigenvalue weighted by atomic mass is 14.7. The molecule has 0 spiro atoms. The maximum absolute atomic E-state index is 9.42. The predicted octanol–water partition coefficient (Wildman–Crippen LogP) is 4.47. The lowest BCUT2D eigenvalue weighted by atomic mass is 9.99. The van der Waals surface area contributed by atoms with Crippen LogP contribution >= 0.6 is 0 Å². The van der Waals surface area contributed by atoms with Crippen LogP contribution in [0, 0.1) is 29.6 Å². The Hall–Kier alpha value is -3.43. The largest absolute Gasteiger partial charge is 0.245 e. The maximum atomic E-state index is 9.42. The fraction of sp³-hybridized carbons (Fsp3) is 0.0500. The van der Waals surface area contributed by atoms with Gasteiger partial charge in [0.05, 0.1) is 22.5 Å². The van der Waals surface area contributed by atoms with Crippen molar-refractivity contribution >= 4 is 0 Å². The van der Waals surface area contributed by atoms with E-state index in [1.807, 2.05) is 61.5 Å². The van der Waals surface area contributed by atoms with Crippen LogP contribution in [0.5, 0.6) is 0 Å². The molecule has 0 fully saturated rings. The summed E-state index contributed by atoms with van der Waals surface area (Å²) in [6.07, 6.45) is 0. The molecule has 0 radical (unpaired) electrons. The SMILES string of the molecule is Cc1ccc(-c2nc(-c3ccccc3)c(C#N)cc2C#N)cc1. The van der Waals surface area contributed by atoms with Crippen LogP contribution in [0.25, 0.3) is 22.5 Å². The molecule has 0 bridgehead atoms. The molecule has 0 amide bonds. The summed E-state index contributed by atoms with van der Waals surface area (Å²) in [6.45, 7) is 2.01. The van der Waals surface area contributed by atoms with Crippen molar-refractivity contribution in [2.75, 3.05) is 0 Å². The van der Waals surface area contributed by atoms with Gasteiger partial charge in [-0.15, -0.1) is 0 Å². The van der Waals surface area contributed by atoms with Crippen LogP contribution in [-0.2, 0) is 0 Å². The first-order valence-electron chi connectivity index (χ1n) is 7.20. The molecule has 108 valence electrons. The Bertz CT molecular complexity index is 928. The van der Waals surface area contributed by atoms with Crippen LogP contribution in [0.1, 0.15) is 16.7 Å². The first kappa shape index (κ1) is 14.5. The van der Waals surface area contributed by atoms with Gasteiger partial charge >= 0.3 is 0 Å². The average molecular weight is 295 g/mol. The molecular weight excluding hydrogens is 282 g/mol. The summed E-state index contributed by atoms with van der Waals surface area (Å²) >= 11 is 0. The fourth-order valence-corrected chi connectivity index (χ4v) is 2.43. The quantitative estimate of drug-likeness (QED) is 0.701. The van der Waals surface area contributed by atoms with Gasteiger partial charge in [0.1, 0.15) is 12.1 Å². The Labute approximate surface area is 135 Å². The smallest absolute Gasteiger partial charge is 0.101 e. The van der Waals surface area contributed by atoms with E-state index < -0.39 is 0 Å². The predicted molar refractivity (Wildman–Crippen MR) is 89.3 cm³/mol. The van der Waals surface area contributed by atoms with Gasteiger partial charge in [0.2, 0.25) is 0 Å². The van der Waals surface area contributed by atoms with Gasteiger partial charge in [0, 0.05) is 11.1 Å². The molecule has 0 aliphatic carbocycles. The van der Waals surface area contributed by atoms with Crippen molar-refractivity contribution in [3.05, 3.63) is 77.4 Å². The van der Waals surface area contributed by atoms with Gasteiger partial charge in [0.25, 0.3) is 0 Å². The minimum atomic E-state index is 0.406. The van der Waals surface area contributed by atoms with Crippen molar-refractivity contribution in [1.82, 2.24) is 4.98 Å². The molecule has 0 aliphatic heterocycles. The molecule has 0 saturated carbocycles. The molecule has 3 aromatic rings. The molecule has 0 atom stereocenters. The van der Waals surface area contributed by atoms with Crippen LogP contribution in [0.3, 0.4) is 0 Å². The Morgan fingerprint density at radius 2 is 1.26 bits per heavy atom. The van der Waals surface area contributed by atoms with Gasteiger partial charge in [0.15, 0.2) is 0 Å². The van der Waals surface area contributed by atoms with Gasteiger partial charge < -0.3 is 0 Å². The molecule has 23 heavy (non-hydrogen) atoms. The first-order chi connectivity index (χ1) is 11.2. The molecule has 3 nitrogen and oxygen atoms in total. The maximum Gasteiger partial charge on any atom is 0.101 e. The van der Waals surface area contributed by atoms with Crippen LogP contribution < -0.4 is 0 Å². The van der Waals surface area contributed by atoms with E-state index in [9.17, 15) is 10.5 Å². The minimum Gasteiger partial charge on any atom is -0.245 e. The minimum absolute atomic E-state index is 0.406. The van der Waals surface area contributed by atoms with Crippen molar-refractivity contribution in [1.29, 1.82) is 10.5 Å². The highest BCUT2D eigenvalue weighted by Gasteiger charge is 2.14. The van der Waals surface area contributed by atoms with E-state index in [1.54, 1.807) is 6.07 Å². The van der Waals surface area contributed by atoms with Crippen molar-refractivity contribution in [3.8, 4) is 34.7 Å². The average Bonchev–Trinajstić information content (AvgIpc) is 2.62. The van der Waals surface area contributed by atoms with Crippen molar-refractivity contribution < 1.29 is 0 Å². The number of nitrogens with zero attached hydrogens (tertiary/aromatic N) is 3. The number of aromatic nitrogens is 1. The molecule has 0 N–H and O–H groups in total. The Morgan fingerprint density at radius 1 is 0.739 bits per heavy atom. The number of pyridine rings is 1. The van der Waals surface area contributed by atoms with E-state index in [1.165, 1.54) is 0 Å². The Balaban J connectivity index is 2.26. The standard InChI is InChI=1S/C20H13N3/c1-14-7-9-16(10-8-14)20-18(13-22)11-17(12-21)19(23-20)15-5-3-2-4-6-15/h2-11H,1H3. The highest BCUT2D eigenvalue weighted by Crippen LogP contribution is 2.29. The zero-order chi connectivity index (χ0) is 16.2. The van der Waals surface area contributed by atoms with Gasteiger partial charge in [-0.25, -0.2) is 4.98 Å². The lowest BCUT2D eigenvalue weighted by Crippen LogP contribution is -1.97. The molecular formula is C20H13N3. The Kier molecular flexibility index (Phi) is 3.87. The molecule has 3 heteroatoms. The van der Waals surface area contributed by atoms with Gasteiger partial charge in [-0.1, -0.05) is 60.2 Å². The second-order valence-electron chi connectivity index (χ2n) is 5.24. The third kappa shape index (κ3) is 2.81. The highest BCUT2D eigenvalue weighted by molar-refractivity contribution is 5.75. The summed E-state index contributed by atoms with van der Waals surface area (Å²) in [5, 5.41) is 18.8. The van der Waals surface area contributed by atoms with Gasteiger partial charge in [-0.3, -0.25) is 0 Å². The van der Waals surface area contributed by atoms with E-state index in [0.717, 1.165) is 16.7 Å². The number of hydrogen-bond acceptors (Lipinski definition) is 3. The second-order valence-corrected chi connectivity index (χ2v) is 5.24. The zero-order valence-corrected chi connectivity index (χ0v) is 12.6. The summed E-state index contributed by atoms with van der Waals surface area (Å²) in [5.41, 5.74) is 4.89. The molecule has 3 rings (SSSR count). The lowest BCUT2D eigenvalue weighted by molar-refractivity contribution is 1.27. The number of nitriles is 2. The van der Waals surface area contributed by atoms with E-state index in [-0.39, 0.29) is 0 Å². The van der Waals surface area contributed by atoms with Gasteiger partial charge in [-0.05, 0) is 13.0 Å². The molecule has 0 unspecified atom stereocenters. The molecule has 2 aromatic carbocycles. The van der Waals surface area contributed by atoms with Crippen LogP contribution in [0.4, 0.5) is 0 Å². The number of hydrogen-bond donors (Lipinski definition) is 0. The number of aryl methyl sites for hydroxylation is 1. The first-order valence-corrected chi connectivity index (χ1v) is 7.20. The van der Waals surface area contributed by atoms with Crippen LogP contribution in [0.2, 0.25) is 0 Å². The van der Waals surface area contributed by atoms with Gasteiger partial charge in [-0.2, -0.15) is 10.5 Å². The van der Waals surface area contributed by atoms with E-state index in [0.29, 0.717) is 22.5 Å². The Morgan fingerprint density at radius 3 is 1.78 bits per heavy atom. The summed E-state index contributed by atoms with van der Waals surface area (Å²) in [6, 6.07) is 23.3. The summed E-state index contributed by atoms with van der Waals surface area (Å²) in [5.74, 6) is 0. The molecule has 1 aromatic heterocycles. The van der Waals surface area contributed by atoms with Crippen molar-refractivity contribution in [3.63, 3.8) is 0 Å². The van der Waals surface area contributed by atoms with Crippen LogP contribution in [0.15, 0.2) is 60.7 Å². The van der Waals surface area contributed by atoms with Crippen LogP contribution in [-0.4, -0.2) is 4.98 Å². The molecule has 0 saturated heterocycles. The third-order valence-electron chi connectivity index (χ3n) is 3.64. The summed E-state index contributed by atoms with van der Waals surface area (Å²) < 4.78 is 0. The monoisotopic (exact) mass is 295 g/mol. The summed E-state index contributed by atoms with van der Waals surface area (Å²) in [4.78, 5) is 4.64. The van der Waals surface area contributed by atoms with E-state index in [2.05, 4.69) is 17.1 Å².